The summed E-state index contributed by atoms with van der Waals surface area (Å²) in [5.41, 5.74) is 2.26. The molecule has 3 rings (SSSR count). The number of aromatic carboxylic acids is 1. The van der Waals surface area contributed by atoms with Crippen LogP contribution in [0.15, 0.2) is 36.8 Å². The van der Waals surface area contributed by atoms with E-state index in [1.54, 1.807) is 22.9 Å². The second-order valence-electron chi connectivity index (χ2n) is 4.15. The molecule has 0 spiro atoms. The molecule has 1 N–H and O–H groups in total. The van der Waals surface area contributed by atoms with E-state index in [1.807, 2.05) is 20.0 Å². The van der Waals surface area contributed by atoms with Crippen molar-refractivity contribution in [2.24, 2.45) is 0 Å². The molecule has 0 atom stereocenters. The van der Waals surface area contributed by atoms with Crippen molar-refractivity contribution < 1.29 is 9.90 Å². The molecule has 0 aliphatic rings. The lowest BCUT2D eigenvalue weighted by Crippen LogP contribution is -2.07. The van der Waals surface area contributed by atoms with Gasteiger partial charge in [-0.3, -0.25) is 4.40 Å². The minimum Gasteiger partial charge on any atom is -0.476 e. The van der Waals surface area contributed by atoms with E-state index < -0.39 is 5.97 Å². The summed E-state index contributed by atoms with van der Waals surface area (Å²) in [6, 6.07) is 5.45. The van der Waals surface area contributed by atoms with Gasteiger partial charge in [0.05, 0.1) is 5.69 Å². The van der Waals surface area contributed by atoms with Gasteiger partial charge in [0.1, 0.15) is 13.5 Å². The molecular formula is C12H9BN4O2. The summed E-state index contributed by atoms with van der Waals surface area (Å²) in [6.45, 7) is 0. The average Bonchev–Trinajstić information content (AvgIpc) is 2.82. The first kappa shape index (κ1) is 11.4. The predicted molar refractivity (Wildman–Crippen MR) is 71.4 cm³/mol. The lowest BCUT2D eigenvalue weighted by atomic mass is 9.96. The Morgan fingerprint density at radius 1 is 1.26 bits per heavy atom. The number of nitrogens with zero attached hydrogens (tertiary/aromatic N) is 4. The van der Waals surface area contributed by atoms with Gasteiger partial charge in [-0.25, -0.2) is 19.7 Å². The van der Waals surface area contributed by atoms with Crippen LogP contribution in [0.5, 0.6) is 0 Å². The molecule has 6 nitrogen and oxygen atoms in total. The Kier molecular flexibility index (Phi) is 2.52. The van der Waals surface area contributed by atoms with Gasteiger partial charge in [-0.15, -0.1) is 0 Å². The first-order chi connectivity index (χ1) is 9.15. The Bertz CT molecular complexity index is 770. The van der Waals surface area contributed by atoms with Crippen LogP contribution < -0.4 is 5.46 Å². The van der Waals surface area contributed by atoms with Crippen molar-refractivity contribution in [1.29, 1.82) is 0 Å². The normalized spacial score (nSPS) is 10.7. The van der Waals surface area contributed by atoms with Crippen LogP contribution in [0.1, 0.15) is 10.5 Å². The van der Waals surface area contributed by atoms with E-state index >= 15 is 0 Å². The molecule has 0 saturated heterocycles. The van der Waals surface area contributed by atoms with Crippen LogP contribution in [0.2, 0.25) is 0 Å². The minimum atomic E-state index is -1.05. The summed E-state index contributed by atoms with van der Waals surface area (Å²) in [7, 11) is 1.92. The van der Waals surface area contributed by atoms with Crippen LogP contribution >= 0.6 is 0 Å². The van der Waals surface area contributed by atoms with E-state index in [0.717, 1.165) is 11.2 Å². The topological polar surface area (TPSA) is 80.4 Å². The third-order valence-electron chi connectivity index (χ3n) is 2.73. The summed E-state index contributed by atoms with van der Waals surface area (Å²) in [4.78, 5) is 23.4. The summed E-state index contributed by atoms with van der Waals surface area (Å²) >= 11 is 0. The molecule has 3 aromatic heterocycles. The van der Waals surface area contributed by atoms with Crippen LogP contribution in [-0.4, -0.2) is 38.3 Å². The number of hydrogen-bond acceptors (Lipinski definition) is 4. The van der Waals surface area contributed by atoms with Crippen LogP contribution in [0.4, 0.5) is 0 Å². The highest BCUT2D eigenvalue weighted by Gasteiger charge is 2.13. The fourth-order valence-corrected chi connectivity index (χ4v) is 1.93. The predicted octanol–water partition coefficient (Wildman–Crippen LogP) is -0.252. The molecular weight excluding hydrogens is 243 g/mol. The van der Waals surface area contributed by atoms with Gasteiger partial charge in [-0.1, -0.05) is 5.46 Å². The van der Waals surface area contributed by atoms with Crippen LogP contribution in [0, 0.1) is 0 Å². The maximum atomic E-state index is 11.0. The van der Waals surface area contributed by atoms with Crippen molar-refractivity contribution in [3.05, 3.63) is 42.5 Å². The molecule has 0 aliphatic heterocycles. The zero-order valence-corrected chi connectivity index (χ0v) is 10.1. The van der Waals surface area contributed by atoms with E-state index in [0.29, 0.717) is 11.5 Å². The third kappa shape index (κ3) is 1.95. The molecule has 0 unspecified atom stereocenters. The molecule has 3 aromatic rings. The zero-order chi connectivity index (χ0) is 13.4. The van der Waals surface area contributed by atoms with Gasteiger partial charge in [0.25, 0.3) is 0 Å². The van der Waals surface area contributed by atoms with Crippen molar-refractivity contribution in [2.75, 3.05) is 0 Å². The van der Waals surface area contributed by atoms with E-state index in [2.05, 4.69) is 15.0 Å². The number of carboxylic acids is 1. The van der Waals surface area contributed by atoms with Crippen molar-refractivity contribution in [3.8, 4) is 11.5 Å². The summed E-state index contributed by atoms with van der Waals surface area (Å²) in [5, 5.41) is 9.01. The Morgan fingerprint density at radius 2 is 2.00 bits per heavy atom. The maximum Gasteiger partial charge on any atom is 0.356 e. The maximum absolute atomic E-state index is 11.0. The van der Waals surface area contributed by atoms with Gasteiger partial charge < -0.3 is 5.11 Å². The minimum absolute atomic E-state index is 0.00258. The van der Waals surface area contributed by atoms with Crippen molar-refractivity contribution >= 4 is 24.9 Å². The second-order valence-corrected chi connectivity index (χ2v) is 4.15. The molecule has 0 aromatic carbocycles. The summed E-state index contributed by atoms with van der Waals surface area (Å²) < 4.78 is 1.69. The molecule has 19 heavy (non-hydrogen) atoms. The highest BCUT2D eigenvalue weighted by molar-refractivity contribution is 6.33. The lowest BCUT2D eigenvalue weighted by molar-refractivity contribution is 0.0691. The molecule has 7 heteroatoms. The Labute approximate surface area is 109 Å². The quantitative estimate of drug-likeness (QED) is 0.636. The number of fused-ring (bicyclic) bond motifs is 1. The SMILES string of the molecule is Bc1cc(-c2ncccn2)n2cc(C(=O)O)nc2c1. The van der Waals surface area contributed by atoms with Crippen molar-refractivity contribution in [1.82, 2.24) is 19.4 Å². The molecule has 92 valence electrons. The van der Waals surface area contributed by atoms with Gasteiger partial charge in [-0.05, 0) is 18.2 Å². The Balaban J connectivity index is 2.32. The molecule has 0 radical (unpaired) electrons. The first-order valence-electron chi connectivity index (χ1n) is 5.65. The van der Waals surface area contributed by atoms with Crippen LogP contribution in [0.3, 0.4) is 0 Å². The molecule has 3 heterocycles. The molecule has 0 saturated carbocycles. The highest BCUT2D eigenvalue weighted by Crippen LogP contribution is 2.16. The molecule has 0 aliphatic carbocycles. The van der Waals surface area contributed by atoms with Gasteiger partial charge >= 0.3 is 5.97 Å². The zero-order valence-electron chi connectivity index (χ0n) is 10.1. The Hall–Kier alpha value is -2.70. The van der Waals surface area contributed by atoms with Crippen molar-refractivity contribution in [3.63, 3.8) is 0 Å². The monoisotopic (exact) mass is 252 g/mol. The largest absolute Gasteiger partial charge is 0.476 e. The van der Waals surface area contributed by atoms with Gasteiger partial charge in [0, 0.05) is 18.6 Å². The first-order valence-corrected chi connectivity index (χ1v) is 5.65. The molecule has 0 bridgehead atoms. The van der Waals surface area contributed by atoms with Crippen LogP contribution in [0.25, 0.3) is 17.2 Å². The van der Waals surface area contributed by atoms with E-state index in [-0.39, 0.29) is 5.69 Å². The number of pyridine rings is 1. The number of carboxylic acid groups (broad SMARTS) is 1. The standard InChI is InChI=1S/C12H9BN4O2/c13-7-4-9(11-14-2-1-3-15-11)17-6-8(12(18)19)16-10(17)5-7/h1-6H,13H2,(H,18,19). The van der Waals surface area contributed by atoms with Gasteiger partial charge in [-0.2, -0.15) is 0 Å². The van der Waals surface area contributed by atoms with E-state index in [4.69, 9.17) is 5.11 Å². The highest BCUT2D eigenvalue weighted by atomic mass is 16.4. The second kappa shape index (κ2) is 4.20. The van der Waals surface area contributed by atoms with Crippen molar-refractivity contribution in [2.45, 2.75) is 0 Å². The van der Waals surface area contributed by atoms with E-state index in [9.17, 15) is 4.79 Å². The summed E-state index contributed by atoms with van der Waals surface area (Å²) in [5.74, 6) is -0.521. The van der Waals surface area contributed by atoms with Gasteiger partial charge in [0.15, 0.2) is 11.5 Å². The third-order valence-corrected chi connectivity index (χ3v) is 2.73. The number of aromatic nitrogens is 4. The summed E-state index contributed by atoms with van der Waals surface area (Å²) in [6.07, 6.45) is 4.76. The fourth-order valence-electron chi connectivity index (χ4n) is 1.93. The molecule has 0 fully saturated rings. The van der Waals surface area contributed by atoms with E-state index in [1.165, 1.54) is 6.20 Å². The number of imidazole rings is 1. The molecule has 0 amide bonds. The lowest BCUT2D eigenvalue weighted by Gasteiger charge is -2.05. The van der Waals surface area contributed by atoms with Gasteiger partial charge in [0.2, 0.25) is 0 Å². The number of rotatable bonds is 2. The average molecular weight is 252 g/mol. The van der Waals surface area contributed by atoms with Crippen LogP contribution in [-0.2, 0) is 0 Å². The smallest absolute Gasteiger partial charge is 0.356 e. The Morgan fingerprint density at radius 3 is 2.68 bits per heavy atom. The number of hydrogen-bond donors (Lipinski definition) is 1. The number of carbonyl (C=O) groups is 1. The fraction of sp³-hybridized carbons (Fsp3) is 0.